The molecule has 0 fully saturated rings. The minimum Gasteiger partial charge on any atom is -0.466 e. The van der Waals surface area contributed by atoms with Gasteiger partial charge in [0.2, 0.25) is 0 Å². The SMILES string of the molecule is C=C(OCC)OC/C=C/C(F)(F)F. The first-order valence-corrected chi connectivity index (χ1v) is 3.64. The van der Waals surface area contributed by atoms with Crippen molar-refractivity contribution in [3.63, 3.8) is 0 Å². The molecule has 0 aromatic heterocycles. The van der Waals surface area contributed by atoms with Gasteiger partial charge in [-0.25, -0.2) is 0 Å². The van der Waals surface area contributed by atoms with Gasteiger partial charge in [-0.05, 0) is 19.6 Å². The summed E-state index contributed by atoms with van der Waals surface area (Å²) in [5, 5.41) is 0. The molecule has 0 saturated heterocycles. The van der Waals surface area contributed by atoms with Crippen molar-refractivity contribution in [1.29, 1.82) is 0 Å². The maximum absolute atomic E-state index is 11.5. The molecule has 0 spiro atoms. The Hall–Kier alpha value is -1.13. The molecule has 0 aliphatic rings. The molecule has 0 aromatic rings. The minimum absolute atomic E-state index is 0.0225. The van der Waals surface area contributed by atoms with Gasteiger partial charge in [0.15, 0.2) is 0 Å². The summed E-state index contributed by atoms with van der Waals surface area (Å²) < 4.78 is 44.0. The molecule has 0 aromatic carbocycles. The first kappa shape index (κ1) is 11.9. The number of halogens is 3. The molecule has 0 heterocycles. The van der Waals surface area contributed by atoms with Crippen LogP contribution in [0.2, 0.25) is 0 Å². The summed E-state index contributed by atoms with van der Waals surface area (Å²) >= 11 is 0. The zero-order valence-electron chi connectivity index (χ0n) is 7.23. The second kappa shape index (κ2) is 5.50. The second-order valence-corrected chi connectivity index (χ2v) is 2.06. The van der Waals surface area contributed by atoms with Crippen molar-refractivity contribution in [3.8, 4) is 0 Å². The number of rotatable bonds is 5. The molecule has 5 heteroatoms. The lowest BCUT2D eigenvalue weighted by Gasteiger charge is -2.06. The van der Waals surface area contributed by atoms with E-state index in [1.54, 1.807) is 6.92 Å². The molecular weight excluding hydrogens is 185 g/mol. The third-order valence-corrected chi connectivity index (χ3v) is 0.953. The predicted octanol–water partition coefficient (Wildman–Crippen LogP) is 2.63. The summed E-state index contributed by atoms with van der Waals surface area (Å²) in [5.74, 6) is 0.0225. The Kier molecular flexibility index (Phi) is 5.03. The molecule has 0 radical (unpaired) electrons. The van der Waals surface area contributed by atoms with E-state index in [1.165, 1.54) is 0 Å². The van der Waals surface area contributed by atoms with Crippen molar-refractivity contribution in [2.24, 2.45) is 0 Å². The van der Waals surface area contributed by atoms with Crippen molar-refractivity contribution >= 4 is 0 Å². The summed E-state index contributed by atoms with van der Waals surface area (Å²) in [7, 11) is 0. The van der Waals surface area contributed by atoms with Crippen LogP contribution in [0.1, 0.15) is 6.92 Å². The summed E-state index contributed by atoms with van der Waals surface area (Å²) in [6.45, 7) is 5.22. The molecule has 0 amide bonds. The van der Waals surface area contributed by atoms with Crippen LogP contribution in [0.3, 0.4) is 0 Å². The van der Waals surface area contributed by atoms with Crippen LogP contribution in [0.15, 0.2) is 24.7 Å². The van der Waals surface area contributed by atoms with Crippen LogP contribution in [-0.2, 0) is 9.47 Å². The van der Waals surface area contributed by atoms with Crippen molar-refractivity contribution in [2.75, 3.05) is 13.2 Å². The van der Waals surface area contributed by atoms with E-state index in [2.05, 4.69) is 11.3 Å². The fourth-order valence-electron chi connectivity index (χ4n) is 0.525. The zero-order chi connectivity index (χ0) is 10.3. The highest BCUT2D eigenvalue weighted by Gasteiger charge is 2.21. The van der Waals surface area contributed by atoms with Crippen molar-refractivity contribution < 1.29 is 22.6 Å². The minimum atomic E-state index is -4.30. The Morgan fingerprint density at radius 1 is 1.38 bits per heavy atom. The van der Waals surface area contributed by atoms with Gasteiger partial charge in [0.25, 0.3) is 5.95 Å². The van der Waals surface area contributed by atoms with Crippen LogP contribution in [0, 0.1) is 0 Å². The molecule has 0 atom stereocenters. The molecular formula is C8H11F3O2. The number of ether oxygens (including phenoxy) is 2. The Morgan fingerprint density at radius 2 is 2.00 bits per heavy atom. The van der Waals surface area contributed by atoms with Gasteiger partial charge < -0.3 is 9.47 Å². The lowest BCUT2D eigenvalue weighted by atomic mass is 10.5. The van der Waals surface area contributed by atoms with Crippen LogP contribution in [0.4, 0.5) is 13.2 Å². The summed E-state index contributed by atoms with van der Waals surface area (Å²) in [5.41, 5.74) is 0. The largest absolute Gasteiger partial charge is 0.466 e. The smallest absolute Gasteiger partial charge is 0.409 e. The first-order valence-electron chi connectivity index (χ1n) is 3.64. The molecule has 2 nitrogen and oxygen atoms in total. The molecule has 0 rings (SSSR count). The van der Waals surface area contributed by atoms with Crippen molar-refractivity contribution in [2.45, 2.75) is 13.1 Å². The topological polar surface area (TPSA) is 18.5 Å². The van der Waals surface area contributed by atoms with Gasteiger partial charge in [0, 0.05) is 6.08 Å². The van der Waals surface area contributed by atoms with Crippen LogP contribution in [-0.4, -0.2) is 19.4 Å². The molecule has 76 valence electrons. The molecule has 13 heavy (non-hydrogen) atoms. The third-order valence-electron chi connectivity index (χ3n) is 0.953. The number of hydrogen-bond donors (Lipinski definition) is 0. The quantitative estimate of drug-likeness (QED) is 0.497. The van der Waals surface area contributed by atoms with Gasteiger partial charge in [0.1, 0.15) is 6.61 Å². The highest BCUT2D eigenvalue weighted by molar-refractivity contribution is 4.89. The van der Waals surface area contributed by atoms with E-state index in [1.807, 2.05) is 0 Å². The highest BCUT2D eigenvalue weighted by atomic mass is 19.4. The molecule has 0 aliphatic heterocycles. The van der Waals surface area contributed by atoms with E-state index >= 15 is 0 Å². The predicted molar refractivity (Wildman–Crippen MR) is 41.9 cm³/mol. The zero-order valence-corrected chi connectivity index (χ0v) is 7.23. The van der Waals surface area contributed by atoms with Gasteiger partial charge in [-0.1, -0.05) is 0 Å². The van der Waals surface area contributed by atoms with Gasteiger partial charge in [-0.15, -0.1) is 0 Å². The average molecular weight is 196 g/mol. The Balaban J connectivity index is 3.56. The van der Waals surface area contributed by atoms with Crippen molar-refractivity contribution in [3.05, 3.63) is 24.7 Å². The van der Waals surface area contributed by atoms with Gasteiger partial charge in [-0.3, -0.25) is 0 Å². The van der Waals surface area contributed by atoms with Crippen molar-refractivity contribution in [1.82, 2.24) is 0 Å². The average Bonchev–Trinajstić information content (AvgIpc) is 1.97. The van der Waals surface area contributed by atoms with Crippen LogP contribution in [0.25, 0.3) is 0 Å². The van der Waals surface area contributed by atoms with E-state index in [-0.39, 0.29) is 18.6 Å². The molecule has 0 bridgehead atoms. The van der Waals surface area contributed by atoms with Gasteiger partial charge in [0.05, 0.1) is 6.61 Å². The number of hydrogen-bond acceptors (Lipinski definition) is 2. The third kappa shape index (κ3) is 8.78. The Morgan fingerprint density at radius 3 is 2.46 bits per heavy atom. The summed E-state index contributed by atoms with van der Waals surface area (Å²) in [6, 6.07) is 0. The molecule has 0 aliphatic carbocycles. The standard InChI is InChI=1S/C8H11F3O2/c1-3-12-7(2)13-6-4-5-8(9,10)11/h4-5H,2-3,6H2,1H3/b5-4+. The Labute approximate surface area is 74.6 Å². The van der Waals surface area contributed by atoms with Gasteiger partial charge >= 0.3 is 6.18 Å². The van der Waals surface area contributed by atoms with E-state index in [0.29, 0.717) is 6.61 Å². The molecule has 0 unspecified atom stereocenters. The highest BCUT2D eigenvalue weighted by Crippen LogP contribution is 2.15. The molecule has 0 saturated carbocycles. The fourth-order valence-corrected chi connectivity index (χ4v) is 0.525. The normalized spacial score (nSPS) is 11.7. The maximum Gasteiger partial charge on any atom is 0.409 e. The number of allylic oxidation sites excluding steroid dienone is 1. The number of alkyl halides is 3. The monoisotopic (exact) mass is 196 g/mol. The summed E-state index contributed by atoms with van der Waals surface area (Å²) in [6.07, 6.45) is -3.34. The van der Waals surface area contributed by atoms with Crippen LogP contribution in [0.5, 0.6) is 0 Å². The van der Waals surface area contributed by atoms with Gasteiger partial charge in [-0.2, -0.15) is 13.2 Å². The lowest BCUT2D eigenvalue weighted by molar-refractivity contribution is -0.0804. The molecule has 0 N–H and O–H groups in total. The fraction of sp³-hybridized carbons (Fsp3) is 0.500. The lowest BCUT2D eigenvalue weighted by Crippen LogP contribution is -2.02. The second-order valence-electron chi connectivity index (χ2n) is 2.06. The van der Waals surface area contributed by atoms with E-state index in [4.69, 9.17) is 4.74 Å². The van der Waals surface area contributed by atoms with E-state index in [9.17, 15) is 13.2 Å². The van der Waals surface area contributed by atoms with Crippen LogP contribution >= 0.6 is 0 Å². The Bertz CT molecular complexity index is 184. The maximum atomic E-state index is 11.5. The van der Waals surface area contributed by atoms with E-state index in [0.717, 1.165) is 6.08 Å². The van der Waals surface area contributed by atoms with E-state index < -0.39 is 6.18 Å². The summed E-state index contributed by atoms with van der Waals surface area (Å²) in [4.78, 5) is 0. The first-order chi connectivity index (χ1) is 5.95. The van der Waals surface area contributed by atoms with Crippen LogP contribution < -0.4 is 0 Å².